The summed E-state index contributed by atoms with van der Waals surface area (Å²) < 4.78 is 0. The van der Waals surface area contributed by atoms with Gasteiger partial charge in [0.1, 0.15) is 0 Å². The number of aliphatic imine (C=N–C) groups is 1. The molecule has 1 rings (SSSR count). The Morgan fingerprint density at radius 2 is 2.31 bits per heavy atom. The summed E-state index contributed by atoms with van der Waals surface area (Å²) >= 11 is 0. The summed E-state index contributed by atoms with van der Waals surface area (Å²) in [5.74, 6) is 1.19. The highest BCUT2D eigenvalue weighted by atomic mass is 15.2. The van der Waals surface area contributed by atoms with Crippen molar-refractivity contribution in [3.63, 3.8) is 0 Å². The average molecular weight is 184 g/mol. The molecule has 0 aliphatic carbocycles. The number of guanidine groups is 1. The normalized spacial score (nSPS) is 31.8. The molecule has 0 aromatic carbocycles. The predicted molar refractivity (Wildman–Crippen MR) is 55.7 cm³/mol. The van der Waals surface area contributed by atoms with Crippen LogP contribution in [0.3, 0.4) is 0 Å². The second-order valence-electron chi connectivity index (χ2n) is 3.89. The van der Waals surface area contributed by atoms with Crippen LogP contribution in [0.5, 0.6) is 0 Å². The first-order chi connectivity index (χ1) is 6.13. The van der Waals surface area contributed by atoms with Gasteiger partial charge in [0.15, 0.2) is 5.96 Å². The Labute approximate surface area is 80.2 Å². The van der Waals surface area contributed by atoms with E-state index in [2.05, 4.69) is 29.2 Å². The molecule has 0 saturated carbocycles. The van der Waals surface area contributed by atoms with Crippen molar-refractivity contribution in [3.8, 4) is 0 Å². The van der Waals surface area contributed by atoms with Crippen LogP contribution in [0.25, 0.3) is 0 Å². The van der Waals surface area contributed by atoms with E-state index in [1.165, 1.54) is 0 Å². The van der Waals surface area contributed by atoms with Crippen molar-refractivity contribution in [3.05, 3.63) is 0 Å². The van der Waals surface area contributed by atoms with E-state index in [0.717, 1.165) is 19.5 Å². The highest BCUT2D eigenvalue weighted by molar-refractivity contribution is 5.77. The van der Waals surface area contributed by atoms with E-state index >= 15 is 0 Å². The molecule has 1 heterocycles. The summed E-state index contributed by atoms with van der Waals surface area (Å²) in [6.07, 6.45) is 1.15. The van der Waals surface area contributed by atoms with Gasteiger partial charge in [-0.3, -0.25) is 4.99 Å². The number of hydrogen-bond donors (Lipinski definition) is 2. The standard InChI is InChI=1S/C9H20N4/c1-7-6-13(3)5-4-8(7)12-9(10)11-2/h7-8H,4-6H2,1-3H3,(H3,10,11,12). The number of likely N-dealkylation sites (tertiary alicyclic amines) is 1. The number of hydrogen-bond acceptors (Lipinski definition) is 2. The zero-order chi connectivity index (χ0) is 9.84. The highest BCUT2D eigenvalue weighted by Gasteiger charge is 2.23. The van der Waals surface area contributed by atoms with Crippen LogP contribution in [0.2, 0.25) is 0 Å². The molecule has 1 saturated heterocycles. The molecule has 76 valence electrons. The van der Waals surface area contributed by atoms with Crippen LogP contribution in [-0.2, 0) is 0 Å². The Morgan fingerprint density at radius 1 is 1.62 bits per heavy atom. The minimum absolute atomic E-state index is 0.486. The maximum atomic E-state index is 5.63. The average Bonchev–Trinajstić information content (AvgIpc) is 2.09. The lowest BCUT2D eigenvalue weighted by Gasteiger charge is -2.35. The van der Waals surface area contributed by atoms with Gasteiger partial charge in [-0.05, 0) is 25.9 Å². The molecule has 2 unspecified atom stereocenters. The first-order valence-electron chi connectivity index (χ1n) is 4.81. The molecule has 0 radical (unpaired) electrons. The first kappa shape index (κ1) is 10.3. The number of piperidine rings is 1. The Kier molecular flexibility index (Phi) is 3.54. The molecule has 13 heavy (non-hydrogen) atoms. The Morgan fingerprint density at radius 3 is 2.85 bits per heavy atom. The van der Waals surface area contributed by atoms with Crippen LogP contribution in [0.4, 0.5) is 0 Å². The Balaban J connectivity index is 2.42. The van der Waals surface area contributed by atoms with Crippen LogP contribution in [0, 0.1) is 5.92 Å². The minimum atomic E-state index is 0.486. The molecule has 1 fully saturated rings. The number of nitrogens with zero attached hydrogens (tertiary/aromatic N) is 2. The van der Waals surface area contributed by atoms with Gasteiger partial charge in [-0.2, -0.15) is 0 Å². The predicted octanol–water partition coefficient (Wildman–Crippen LogP) is -0.139. The third-order valence-electron chi connectivity index (χ3n) is 2.68. The summed E-state index contributed by atoms with van der Waals surface area (Å²) in [4.78, 5) is 6.26. The molecule has 4 heteroatoms. The summed E-state index contributed by atoms with van der Waals surface area (Å²) in [5, 5.41) is 3.24. The quantitative estimate of drug-likeness (QED) is 0.440. The lowest BCUT2D eigenvalue weighted by atomic mass is 9.94. The van der Waals surface area contributed by atoms with E-state index in [1.807, 2.05) is 0 Å². The second kappa shape index (κ2) is 4.46. The molecule has 1 aliphatic heterocycles. The van der Waals surface area contributed by atoms with Crippen LogP contribution < -0.4 is 11.1 Å². The van der Waals surface area contributed by atoms with E-state index in [0.29, 0.717) is 17.9 Å². The van der Waals surface area contributed by atoms with Crippen LogP contribution >= 0.6 is 0 Å². The van der Waals surface area contributed by atoms with Crippen molar-refractivity contribution in [1.82, 2.24) is 10.2 Å². The molecule has 4 nitrogen and oxygen atoms in total. The van der Waals surface area contributed by atoms with Gasteiger partial charge in [-0.15, -0.1) is 0 Å². The van der Waals surface area contributed by atoms with Crippen molar-refractivity contribution in [2.45, 2.75) is 19.4 Å². The van der Waals surface area contributed by atoms with Gasteiger partial charge >= 0.3 is 0 Å². The van der Waals surface area contributed by atoms with Crippen molar-refractivity contribution >= 4 is 5.96 Å². The Hall–Kier alpha value is -0.770. The zero-order valence-corrected chi connectivity index (χ0v) is 8.75. The number of nitrogens with one attached hydrogen (secondary N) is 1. The van der Waals surface area contributed by atoms with Crippen molar-refractivity contribution in [2.24, 2.45) is 16.6 Å². The van der Waals surface area contributed by atoms with Crippen molar-refractivity contribution in [1.29, 1.82) is 0 Å². The fourth-order valence-corrected chi connectivity index (χ4v) is 1.82. The summed E-state index contributed by atoms with van der Waals surface area (Å²) in [6.45, 7) is 4.52. The van der Waals surface area contributed by atoms with Crippen LogP contribution in [-0.4, -0.2) is 44.1 Å². The molecule has 0 bridgehead atoms. The number of nitrogens with two attached hydrogens (primary N) is 1. The molecule has 0 amide bonds. The summed E-state index contributed by atoms with van der Waals surface area (Å²) in [5.41, 5.74) is 5.63. The Bertz CT molecular complexity index is 190. The molecule has 0 aromatic rings. The second-order valence-corrected chi connectivity index (χ2v) is 3.89. The number of rotatable bonds is 1. The van der Waals surface area contributed by atoms with Gasteiger partial charge < -0.3 is 16.0 Å². The van der Waals surface area contributed by atoms with Gasteiger partial charge in [0.05, 0.1) is 0 Å². The van der Waals surface area contributed by atoms with E-state index < -0.39 is 0 Å². The topological polar surface area (TPSA) is 53.6 Å². The molecule has 0 spiro atoms. The molecule has 2 atom stereocenters. The maximum absolute atomic E-state index is 5.63. The van der Waals surface area contributed by atoms with E-state index in [-0.39, 0.29) is 0 Å². The SMILES string of the molecule is CN=C(N)NC1CCN(C)CC1C. The minimum Gasteiger partial charge on any atom is -0.370 e. The lowest BCUT2D eigenvalue weighted by Crippen LogP contribution is -2.50. The molecular weight excluding hydrogens is 164 g/mol. The van der Waals surface area contributed by atoms with Gasteiger partial charge in [-0.25, -0.2) is 0 Å². The monoisotopic (exact) mass is 184 g/mol. The summed E-state index contributed by atoms with van der Waals surface area (Å²) in [6, 6.07) is 0.486. The van der Waals surface area contributed by atoms with E-state index in [1.54, 1.807) is 7.05 Å². The third kappa shape index (κ3) is 2.88. The largest absolute Gasteiger partial charge is 0.370 e. The van der Waals surface area contributed by atoms with Gasteiger partial charge in [0, 0.05) is 19.6 Å². The fraction of sp³-hybridized carbons (Fsp3) is 0.889. The maximum Gasteiger partial charge on any atom is 0.188 e. The van der Waals surface area contributed by atoms with Crippen molar-refractivity contribution in [2.75, 3.05) is 27.2 Å². The van der Waals surface area contributed by atoms with Gasteiger partial charge in [-0.1, -0.05) is 6.92 Å². The molecule has 3 N–H and O–H groups in total. The van der Waals surface area contributed by atoms with Gasteiger partial charge in [0.2, 0.25) is 0 Å². The van der Waals surface area contributed by atoms with Crippen LogP contribution in [0.1, 0.15) is 13.3 Å². The third-order valence-corrected chi connectivity index (χ3v) is 2.68. The fourth-order valence-electron chi connectivity index (χ4n) is 1.82. The van der Waals surface area contributed by atoms with E-state index in [9.17, 15) is 0 Å². The first-order valence-corrected chi connectivity index (χ1v) is 4.81. The zero-order valence-electron chi connectivity index (χ0n) is 8.75. The highest BCUT2D eigenvalue weighted by Crippen LogP contribution is 2.14. The molecule has 1 aliphatic rings. The van der Waals surface area contributed by atoms with Crippen molar-refractivity contribution < 1.29 is 0 Å². The summed E-state index contributed by atoms with van der Waals surface area (Å²) in [7, 11) is 3.87. The van der Waals surface area contributed by atoms with Gasteiger partial charge in [0.25, 0.3) is 0 Å². The smallest absolute Gasteiger partial charge is 0.188 e. The molecular formula is C9H20N4. The lowest BCUT2D eigenvalue weighted by molar-refractivity contribution is 0.187. The van der Waals surface area contributed by atoms with Crippen LogP contribution in [0.15, 0.2) is 4.99 Å². The molecule has 0 aromatic heterocycles. The van der Waals surface area contributed by atoms with E-state index in [4.69, 9.17) is 5.73 Å².